The second-order valence-electron chi connectivity index (χ2n) is 7.53. The van der Waals surface area contributed by atoms with Gasteiger partial charge in [0.05, 0.1) is 12.5 Å². The zero-order chi connectivity index (χ0) is 20.6. The quantitative estimate of drug-likeness (QED) is 0.574. The Hall–Kier alpha value is -2.02. The summed E-state index contributed by atoms with van der Waals surface area (Å²) in [5.74, 6) is -1.60. The van der Waals surface area contributed by atoms with Gasteiger partial charge in [0.25, 0.3) is 0 Å². The number of carbonyl (C=O) groups is 1. The molecule has 0 unspecified atom stereocenters. The van der Waals surface area contributed by atoms with Crippen LogP contribution in [0.15, 0.2) is 48.5 Å². The molecule has 0 amide bonds. The first-order valence-electron chi connectivity index (χ1n) is 10.1. The second kappa shape index (κ2) is 12.0. The highest BCUT2D eigenvalue weighted by atomic mass is 35.5. The summed E-state index contributed by atoms with van der Waals surface area (Å²) in [4.78, 5) is 13.3. The van der Waals surface area contributed by atoms with Crippen LogP contribution in [0.2, 0.25) is 0 Å². The third kappa shape index (κ3) is 7.04. The first kappa shape index (κ1) is 24.3. The van der Waals surface area contributed by atoms with Crippen LogP contribution in [-0.4, -0.2) is 48.8 Å². The van der Waals surface area contributed by atoms with Crippen LogP contribution in [0.1, 0.15) is 36.3 Å². The Labute approximate surface area is 182 Å². The fourth-order valence-corrected chi connectivity index (χ4v) is 3.87. The average molecular weight is 440 g/mol. The van der Waals surface area contributed by atoms with Crippen LogP contribution in [-0.2, 0) is 9.53 Å². The van der Waals surface area contributed by atoms with E-state index in [9.17, 15) is 18.7 Å². The summed E-state index contributed by atoms with van der Waals surface area (Å²) in [6, 6.07) is 12.7. The number of likely N-dealkylation sites (tertiary alicyclic amines) is 1. The fraction of sp³-hybridized carbons (Fsp3) is 0.435. The normalized spacial score (nSPS) is 17.0. The number of carboxylic acids is 1. The molecule has 164 valence electrons. The Morgan fingerprint density at radius 1 is 1.03 bits per heavy atom. The van der Waals surface area contributed by atoms with Crippen LogP contribution in [0.3, 0.4) is 0 Å². The summed E-state index contributed by atoms with van der Waals surface area (Å²) in [6.07, 6.45) is 2.33. The number of carboxylic acid groups (broad SMARTS) is 1. The van der Waals surface area contributed by atoms with Crippen molar-refractivity contribution in [2.45, 2.75) is 25.2 Å². The molecule has 0 saturated carbocycles. The highest BCUT2D eigenvalue weighted by Crippen LogP contribution is 2.28. The number of aliphatic carboxylic acids is 1. The number of benzene rings is 2. The number of nitrogens with zero attached hydrogens (tertiary/aromatic N) is 1. The van der Waals surface area contributed by atoms with Crippen molar-refractivity contribution in [2.24, 2.45) is 5.92 Å². The molecule has 1 N–H and O–H groups in total. The van der Waals surface area contributed by atoms with Gasteiger partial charge in [0.1, 0.15) is 11.6 Å². The van der Waals surface area contributed by atoms with E-state index in [1.807, 2.05) is 0 Å². The lowest BCUT2D eigenvalue weighted by molar-refractivity contribution is -0.143. The van der Waals surface area contributed by atoms with Gasteiger partial charge in [-0.3, -0.25) is 4.79 Å². The summed E-state index contributed by atoms with van der Waals surface area (Å²) in [7, 11) is 0. The molecule has 2 aromatic rings. The molecule has 2 aromatic carbocycles. The van der Waals surface area contributed by atoms with E-state index in [1.54, 1.807) is 24.3 Å². The molecule has 0 spiro atoms. The maximum Gasteiger partial charge on any atom is 0.307 e. The van der Waals surface area contributed by atoms with E-state index < -0.39 is 5.97 Å². The minimum atomic E-state index is -0.725. The first-order valence-corrected chi connectivity index (χ1v) is 10.1. The molecule has 1 heterocycles. The maximum atomic E-state index is 13.3. The van der Waals surface area contributed by atoms with E-state index in [-0.39, 0.29) is 35.9 Å². The van der Waals surface area contributed by atoms with Gasteiger partial charge in [0.2, 0.25) is 0 Å². The summed E-state index contributed by atoms with van der Waals surface area (Å²) in [5.41, 5.74) is 1.92. The highest BCUT2D eigenvalue weighted by Gasteiger charge is 2.25. The zero-order valence-corrected chi connectivity index (χ0v) is 17.6. The number of piperidine rings is 1. The Morgan fingerprint density at radius 2 is 1.60 bits per heavy atom. The lowest BCUT2D eigenvalue weighted by atomic mass is 9.89. The smallest absolute Gasteiger partial charge is 0.307 e. The molecule has 1 aliphatic heterocycles. The molecule has 3 rings (SSSR count). The van der Waals surface area contributed by atoms with E-state index in [0.29, 0.717) is 32.7 Å². The topological polar surface area (TPSA) is 49.8 Å². The third-order valence-corrected chi connectivity index (χ3v) is 5.50. The van der Waals surface area contributed by atoms with Gasteiger partial charge in [-0.25, -0.2) is 8.78 Å². The molecule has 1 atom stereocenters. The van der Waals surface area contributed by atoms with Gasteiger partial charge >= 0.3 is 5.97 Å². The monoisotopic (exact) mass is 439 g/mol. The Morgan fingerprint density at radius 3 is 2.13 bits per heavy atom. The van der Waals surface area contributed by atoms with Crippen molar-refractivity contribution in [3.8, 4) is 0 Å². The number of halogens is 3. The second-order valence-corrected chi connectivity index (χ2v) is 7.53. The first-order chi connectivity index (χ1) is 14.0. The van der Waals surface area contributed by atoms with Crippen molar-refractivity contribution in [2.75, 3.05) is 32.8 Å². The molecule has 4 nitrogen and oxygen atoms in total. The minimum absolute atomic E-state index is 0. The minimum Gasteiger partial charge on any atom is -0.481 e. The molecule has 0 bridgehead atoms. The lowest BCUT2D eigenvalue weighted by Gasteiger charge is -2.30. The van der Waals surface area contributed by atoms with Crippen LogP contribution in [0.4, 0.5) is 8.78 Å². The molecular formula is C23H28ClF2NO3. The molecular weight excluding hydrogens is 412 g/mol. The Bertz CT molecular complexity index is 741. The summed E-state index contributed by atoms with van der Waals surface area (Å²) < 4.78 is 32.4. The van der Waals surface area contributed by atoms with Gasteiger partial charge in [-0.15, -0.1) is 12.4 Å². The van der Waals surface area contributed by atoms with E-state index in [1.165, 1.54) is 24.3 Å². The zero-order valence-electron chi connectivity index (χ0n) is 16.8. The van der Waals surface area contributed by atoms with Crippen LogP contribution in [0.5, 0.6) is 0 Å². The number of ether oxygens (including phenoxy) is 1. The van der Waals surface area contributed by atoms with Gasteiger partial charge in [0.15, 0.2) is 0 Å². The van der Waals surface area contributed by atoms with Crippen LogP contribution in [0.25, 0.3) is 0 Å². The van der Waals surface area contributed by atoms with Gasteiger partial charge in [-0.1, -0.05) is 24.3 Å². The number of rotatable bonds is 9. The lowest BCUT2D eigenvalue weighted by Crippen LogP contribution is -2.40. The van der Waals surface area contributed by atoms with Crippen molar-refractivity contribution in [3.05, 3.63) is 71.3 Å². The van der Waals surface area contributed by atoms with Gasteiger partial charge < -0.3 is 14.7 Å². The fourth-order valence-electron chi connectivity index (χ4n) is 3.87. The predicted octanol–water partition coefficient (Wildman–Crippen LogP) is 4.72. The van der Waals surface area contributed by atoms with Crippen LogP contribution >= 0.6 is 12.4 Å². The predicted molar refractivity (Wildman–Crippen MR) is 114 cm³/mol. The molecule has 7 heteroatoms. The van der Waals surface area contributed by atoms with E-state index >= 15 is 0 Å². The van der Waals surface area contributed by atoms with Crippen molar-refractivity contribution >= 4 is 18.4 Å². The van der Waals surface area contributed by atoms with E-state index in [0.717, 1.165) is 30.5 Å². The van der Waals surface area contributed by atoms with Gasteiger partial charge in [0, 0.05) is 25.6 Å². The standard InChI is InChI=1S/C23H27F2NO3.ClH/c24-20-7-3-17(4-8-20)22(18-5-9-21(25)10-6-18)11-14-29-15-13-26-12-1-2-19(16-26)23(27)28;/h3-10,19,22H,1-2,11-16H2,(H,27,28);1H/t19-;/m1./s1. The Kier molecular flexibility index (Phi) is 9.69. The average Bonchev–Trinajstić information content (AvgIpc) is 2.73. The van der Waals surface area contributed by atoms with E-state index in [4.69, 9.17) is 4.74 Å². The van der Waals surface area contributed by atoms with Gasteiger partial charge in [-0.05, 0) is 61.2 Å². The summed E-state index contributed by atoms with van der Waals surface area (Å²) >= 11 is 0. The van der Waals surface area contributed by atoms with Crippen LogP contribution < -0.4 is 0 Å². The molecule has 1 aliphatic rings. The molecule has 0 radical (unpaired) electrons. The van der Waals surface area contributed by atoms with Crippen molar-refractivity contribution < 1.29 is 23.4 Å². The largest absolute Gasteiger partial charge is 0.481 e. The van der Waals surface area contributed by atoms with Gasteiger partial charge in [-0.2, -0.15) is 0 Å². The number of hydrogen-bond donors (Lipinski definition) is 1. The molecule has 0 aromatic heterocycles. The molecule has 30 heavy (non-hydrogen) atoms. The molecule has 1 fully saturated rings. The maximum absolute atomic E-state index is 13.3. The third-order valence-electron chi connectivity index (χ3n) is 5.50. The molecule has 1 saturated heterocycles. The highest BCUT2D eigenvalue weighted by molar-refractivity contribution is 5.85. The number of hydrogen-bond acceptors (Lipinski definition) is 3. The Balaban J connectivity index is 0.00000320. The van der Waals surface area contributed by atoms with Crippen LogP contribution in [0, 0.1) is 17.6 Å². The van der Waals surface area contributed by atoms with Crippen molar-refractivity contribution in [3.63, 3.8) is 0 Å². The summed E-state index contributed by atoms with van der Waals surface area (Å²) in [6.45, 7) is 3.23. The van der Waals surface area contributed by atoms with E-state index in [2.05, 4.69) is 4.90 Å². The molecule has 0 aliphatic carbocycles. The van der Waals surface area contributed by atoms with Crippen molar-refractivity contribution in [1.82, 2.24) is 4.90 Å². The van der Waals surface area contributed by atoms with Crippen molar-refractivity contribution in [1.29, 1.82) is 0 Å². The SMILES string of the molecule is Cl.O=C(O)[C@@H]1CCCN(CCOCCC(c2ccc(F)cc2)c2ccc(F)cc2)C1. The summed E-state index contributed by atoms with van der Waals surface area (Å²) in [5, 5.41) is 9.17.